The van der Waals surface area contributed by atoms with Gasteiger partial charge in [-0.05, 0) is 45.3 Å². The lowest BCUT2D eigenvalue weighted by Crippen LogP contribution is -2.42. The number of likely N-dealkylation sites (tertiary alicyclic amines) is 1. The molecule has 1 aliphatic rings. The average Bonchev–Trinajstić information content (AvgIpc) is 2.42. The lowest BCUT2D eigenvalue weighted by atomic mass is 10.0. The monoisotopic (exact) mass is 258 g/mol. The molecule has 2 heteroatoms. The van der Waals surface area contributed by atoms with Gasteiger partial charge in [-0.25, -0.2) is 0 Å². The Morgan fingerprint density at radius 1 is 1.21 bits per heavy atom. The summed E-state index contributed by atoms with van der Waals surface area (Å²) in [5.74, 6) is 0. The molecule has 2 nitrogen and oxygen atoms in total. The minimum absolute atomic E-state index is 0.697. The molecular formula is C17H26N2. The molecular weight excluding hydrogens is 232 g/mol. The van der Waals surface area contributed by atoms with Gasteiger partial charge in [-0.3, -0.25) is 4.90 Å². The van der Waals surface area contributed by atoms with E-state index in [1.165, 1.54) is 37.1 Å². The lowest BCUT2D eigenvalue weighted by Gasteiger charge is -2.32. The first-order chi connectivity index (χ1) is 9.24. The Labute approximate surface area is 117 Å². The van der Waals surface area contributed by atoms with Gasteiger partial charge < -0.3 is 5.32 Å². The summed E-state index contributed by atoms with van der Waals surface area (Å²) < 4.78 is 0. The molecule has 1 aliphatic heterocycles. The second-order valence-electron chi connectivity index (χ2n) is 5.73. The first-order valence-corrected chi connectivity index (χ1v) is 7.37. The average molecular weight is 258 g/mol. The molecule has 1 saturated heterocycles. The van der Waals surface area contributed by atoms with Crippen LogP contribution in [0.25, 0.3) is 0 Å². The van der Waals surface area contributed by atoms with E-state index in [2.05, 4.69) is 60.5 Å². The van der Waals surface area contributed by atoms with Crippen LogP contribution in [-0.4, -0.2) is 30.6 Å². The number of nitrogens with one attached hydrogen (secondary N) is 1. The van der Waals surface area contributed by atoms with Crippen LogP contribution >= 0.6 is 0 Å². The van der Waals surface area contributed by atoms with Gasteiger partial charge in [-0.2, -0.15) is 0 Å². The number of allylic oxidation sites excluding steroid dienone is 1. The van der Waals surface area contributed by atoms with E-state index < -0.39 is 0 Å². The number of rotatable bonds is 5. The molecule has 2 rings (SSSR count). The molecule has 0 aliphatic carbocycles. The van der Waals surface area contributed by atoms with Gasteiger partial charge in [0.1, 0.15) is 0 Å². The first-order valence-electron chi connectivity index (χ1n) is 7.37. The van der Waals surface area contributed by atoms with Crippen molar-refractivity contribution in [2.45, 2.75) is 39.3 Å². The van der Waals surface area contributed by atoms with Gasteiger partial charge in [0, 0.05) is 19.1 Å². The standard InChI is InChI=1S/C17H26N2/c1-15(2)8-11-18-17-9-12-19(13-10-17)14-16-6-4-3-5-7-16/h3-8,17-18H,9-14H2,1-2H3. The largest absolute Gasteiger partial charge is 0.310 e. The maximum atomic E-state index is 3.63. The van der Waals surface area contributed by atoms with E-state index in [1.54, 1.807) is 0 Å². The van der Waals surface area contributed by atoms with Crippen LogP contribution in [0.3, 0.4) is 0 Å². The predicted molar refractivity (Wildman–Crippen MR) is 82.2 cm³/mol. The van der Waals surface area contributed by atoms with Crippen molar-refractivity contribution in [3.63, 3.8) is 0 Å². The second-order valence-corrected chi connectivity index (χ2v) is 5.73. The molecule has 1 N–H and O–H groups in total. The Hall–Kier alpha value is -1.12. The zero-order chi connectivity index (χ0) is 13.5. The van der Waals surface area contributed by atoms with Crippen molar-refractivity contribution < 1.29 is 0 Å². The minimum atomic E-state index is 0.697. The van der Waals surface area contributed by atoms with Crippen LogP contribution in [-0.2, 0) is 6.54 Å². The quantitative estimate of drug-likeness (QED) is 0.816. The molecule has 1 aromatic rings. The Balaban J connectivity index is 1.69. The van der Waals surface area contributed by atoms with Crippen molar-refractivity contribution in [1.82, 2.24) is 10.2 Å². The van der Waals surface area contributed by atoms with E-state index in [-0.39, 0.29) is 0 Å². The van der Waals surface area contributed by atoms with E-state index in [9.17, 15) is 0 Å². The highest BCUT2D eigenvalue weighted by atomic mass is 15.1. The highest BCUT2D eigenvalue weighted by Gasteiger charge is 2.18. The summed E-state index contributed by atoms with van der Waals surface area (Å²) in [5, 5.41) is 3.63. The third-order valence-corrected chi connectivity index (χ3v) is 3.75. The first kappa shape index (κ1) is 14.3. The number of benzene rings is 1. The van der Waals surface area contributed by atoms with Crippen LogP contribution < -0.4 is 5.32 Å². The molecule has 0 atom stereocenters. The predicted octanol–water partition coefficient (Wildman–Crippen LogP) is 3.21. The van der Waals surface area contributed by atoms with Gasteiger partial charge in [0.05, 0.1) is 0 Å². The number of hydrogen-bond donors (Lipinski definition) is 1. The lowest BCUT2D eigenvalue weighted by molar-refractivity contribution is 0.192. The molecule has 1 heterocycles. The van der Waals surface area contributed by atoms with Gasteiger partial charge in [0.15, 0.2) is 0 Å². The van der Waals surface area contributed by atoms with Crippen LogP contribution in [0.1, 0.15) is 32.3 Å². The molecule has 19 heavy (non-hydrogen) atoms. The van der Waals surface area contributed by atoms with Crippen molar-refractivity contribution in [2.75, 3.05) is 19.6 Å². The molecule has 0 aromatic heterocycles. The molecule has 1 fully saturated rings. The van der Waals surface area contributed by atoms with Crippen LogP contribution in [0.5, 0.6) is 0 Å². The van der Waals surface area contributed by atoms with E-state index in [0.717, 1.165) is 13.1 Å². The zero-order valence-electron chi connectivity index (χ0n) is 12.2. The Morgan fingerprint density at radius 2 is 1.89 bits per heavy atom. The summed E-state index contributed by atoms with van der Waals surface area (Å²) in [6.45, 7) is 8.85. The fourth-order valence-corrected chi connectivity index (χ4v) is 2.57. The second kappa shape index (κ2) is 7.46. The van der Waals surface area contributed by atoms with Crippen molar-refractivity contribution in [2.24, 2.45) is 0 Å². The van der Waals surface area contributed by atoms with Crippen molar-refractivity contribution >= 4 is 0 Å². The van der Waals surface area contributed by atoms with Gasteiger partial charge in [-0.1, -0.05) is 42.0 Å². The highest BCUT2D eigenvalue weighted by Crippen LogP contribution is 2.13. The molecule has 104 valence electrons. The van der Waals surface area contributed by atoms with Crippen LogP contribution in [0.4, 0.5) is 0 Å². The molecule has 0 spiro atoms. The minimum Gasteiger partial charge on any atom is -0.310 e. The number of nitrogens with zero attached hydrogens (tertiary/aromatic N) is 1. The summed E-state index contributed by atoms with van der Waals surface area (Å²) in [6, 6.07) is 11.5. The molecule has 0 unspecified atom stereocenters. The highest BCUT2D eigenvalue weighted by molar-refractivity contribution is 5.14. The molecule has 0 saturated carbocycles. The number of hydrogen-bond acceptors (Lipinski definition) is 2. The zero-order valence-corrected chi connectivity index (χ0v) is 12.2. The van der Waals surface area contributed by atoms with Crippen molar-refractivity contribution in [3.8, 4) is 0 Å². The van der Waals surface area contributed by atoms with Crippen LogP contribution in [0.15, 0.2) is 42.0 Å². The Bertz CT molecular complexity index is 385. The normalized spacial score (nSPS) is 17.4. The number of piperidine rings is 1. The summed E-state index contributed by atoms with van der Waals surface area (Å²) in [6.07, 6.45) is 4.81. The molecule has 0 amide bonds. The topological polar surface area (TPSA) is 15.3 Å². The van der Waals surface area contributed by atoms with Crippen LogP contribution in [0, 0.1) is 0 Å². The Kier molecular flexibility index (Phi) is 5.62. The van der Waals surface area contributed by atoms with Gasteiger partial charge >= 0.3 is 0 Å². The van der Waals surface area contributed by atoms with Gasteiger partial charge in [0.2, 0.25) is 0 Å². The van der Waals surface area contributed by atoms with E-state index >= 15 is 0 Å². The molecule has 1 aromatic carbocycles. The molecule has 0 radical (unpaired) electrons. The van der Waals surface area contributed by atoms with E-state index in [4.69, 9.17) is 0 Å². The van der Waals surface area contributed by atoms with Gasteiger partial charge in [0.25, 0.3) is 0 Å². The third kappa shape index (κ3) is 5.17. The van der Waals surface area contributed by atoms with Gasteiger partial charge in [-0.15, -0.1) is 0 Å². The summed E-state index contributed by atoms with van der Waals surface area (Å²) >= 11 is 0. The van der Waals surface area contributed by atoms with E-state index in [0.29, 0.717) is 6.04 Å². The maximum absolute atomic E-state index is 3.63. The van der Waals surface area contributed by atoms with Crippen LogP contribution in [0.2, 0.25) is 0 Å². The summed E-state index contributed by atoms with van der Waals surface area (Å²) in [5.41, 5.74) is 2.83. The third-order valence-electron chi connectivity index (χ3n) is 3.75. The fraction of sp³-hybridized carbons (Fsp3) is 0.529. The fourth-order valence-electron chi connectivity index (χ4n) is 2.57. The molecule has 0 bridgehead atoms. The SMILES string of the molecule is CC(C)=CCNC1CCN(Cc2ccccc2)CC1. The van der Waals surface area contributed by atoms with Crippen molar-refractivity contribution in [3.05, 3.63) is 47.5 Å². The van der Waals surface area contributed by atoms with E-state index in [1.807, 2.05) is 0 Å². The summed E-state index contributed by atoms with van der Waals surface area (Å²) in [4.78, 5) is 2.56. The maximum Gasteiger partial charge on any atom is 0.0233 e. The smallest absolute Gasteiger partial charge is 0.0233 e. The Morgan fingerprint density at radius 3 is 2.53 bits per heavy atom. The summed E-state index contributed by atoms with van der Waals surface area (Å²) in [7, 11) is 0. The van der Waals surface area contributed by atoms with Crippen molar-refractivity contribution in [1.29, 1.82) is 0 Å².